The van der Waals surface area contributed by atoms with Crippen molar-refractivity contribution in [2.75, 3.05) is 19.8 Å². The molecule has 0 amide bonds. The van der Waals surface area contributed by atoms with Gasteiger partial charge in [0.05, 0.1) is 0 Å². The molecule has 3 nitrogen and oxygen atoms in total. The summed E-state index contributed by atoms with van der Waals surface area (Å²) < 4.78 is 15.8. The van der Waals surface area contributed by atoms with E-state index in [2.05, 4.69) is 5.32 Å². The predicted octanol–water partition coefficient (Wildman–Crippen LogP) is 1.13. The number of hydrogen-bond acceptors (Lipinski definition) is 3. The standard InChI is InChI=1S/C6H13NO2P/c1-10(8)9-6-2-4-7-5-3-6/h6-7H,2-5H2,1H3/q+1. The summed E-state index contributed by atoms with van der Waals surface area (Å²) in [6.07, 6.45) is 2.22. The molecule has 1 aliphatic rings. The highest BCUT2D eigenvalue weighted by Gasteiger charge is 2.21. The summed E-state index contributed by atoms with van der Waals surface area (Å²) in [5.41, 5.74) is 0. The minimum absolute atomic E-state index is 0.231. The fraction of sp³-hybridized carbons (Fsp3) is 1.00. The van der Waals surface area contributed by atoms with Crippen LogP contribution in [0.3, 0.4) is 0 Å². The minimum Gasteiger partial charge on any atom is -0.317 e. The topological polar surface area (TPSA) is 38.3 Å². The average Bonchev–Trinajstić information content (AvgIpc) is 1.88. The molecule has 0 saturated carbocycles. The van der Waals surface area contributed by atoms with Crippen molar-refractivity contribution in [2.45, 2.75) is 18.9 Å². The quantitative estimate of drug-likeness (QED) is 0.618. The molecule has 1 aliphatic heterocycles. The van der Waals surface area contributed by atoms with E-state index in [1.807, 2.05) is 0 Å². The molecule has 0 radical (unpaired) electrons. The molecule has 0 aromatic heterocycles. The summed E-state index contributed by atoms with van der Waals surface area (Å²) >= 11 is 0. The second kappa shape index (κ2) is 4.02. The first-order valence-electron chi connectivity index (χ1n) is 3.57. The molecule has 0 aromatic rings. The fourth-order valence-electron chi connectivity index (χ4n) is 1.11. The van der Waals surface area contributed by atoms with Gasteiger partial charge in [-0.15, -0.1) is 4.52 Å². The van der Waals surface area contributed by atoms with Gasteiger partial charge in [0.15, 0.2) is 6.66 Å². The molecule has 1 saturated heterocycles. The third-order valence-corrected chi connectivity index (χ3v) is 2.18. The second-order valence-electron chi connectivity index (χ2n) is 2.49. The third kappa shape index (κ3) is 2.74. The first-order valence-corrected chi connectivity index (χ1v) is 5.20. The Hall–Kier alpha value is 0.0200. The van der Waals surface area contributed by atoms with Gasteiger partial charge < -0.3 is 5.32 Å². The monoisotopic (exact) mass is 162 g/mol. The maximum absolute atomic E-state index is 10.6. The van der Waals surface area contributed by atoms with Crippen molar-refractivity contribution >= 4 is 8.03 Å². The highest BCUT2D eigenvalue weighted by molar-refractivity contribution is 7.38. The van der Waals surface area contributed by atoms with Crippen LogP contribution in [0.25, 0.3) is 0 Å². The molecule has 0 aliphatic carbocycles. The lowest BCUT2D eigenvalue weighted by Crippen LogP contribution is -2.31. The van der Waals surface area contributed by atoms with E-state index >= 15 is 0 Å². The van der Waals surface area contributed by atoms with E-state index in [0.717, 1.165) is 25.9 Å². The first-order chi connectivity index (χ1) is 4.79. The molecule has 0 spiro atoms. The Morgan fingerprint density at radius 2 is 2.10 bits per heavy atom. The van der Waals surface area contributed by atoms with Crippen molar-refractivity contribution in [1.29, 1.82) is 0 Å². The summed E-state index contributed by atoms with van der Waals surface area (Å²) in [5, 5.41) is 3.21. The Balaban J connectivity index is 2.19. The van der Waals surface area contributed by atoms with E-state index in [1.54, 1.807) is 6.66 Å². The van der Waals surface area contributed by atoms with Crippen LogP contribution in [-0.4, -0.2) is 25.9 Å². The van der Waals surface area contributed by atoms with Crippen molar-refractivity contribution < 1.29 is 9.09 Å². The van der Waals surface area contributed by atoms with Crippen molar-refractivity contribution in [3.05, 3.63) is 0 Å². The van der Waals surface area contributed by atoms with Gasteiger partial charge in [0.2, 0.25) is 0 Å². The van der Waals surface area contributed by atoms with E-state index in [1.165, 1.54) is 0 Å². The van der Waals surface area contributed by atoms with E-state index in [4.69, 9.17) is 4.52 Å². The van der Waals surface area contributed by atoms with Crippen molar-refractivity contribution in [1.82, 2.24) is 5.32 Å². The van der Waals surface area contributed by atoms with Crippen molar-refractivity contribution in [3.8, 4) is 0 Å². The lowest BCUT2D eigenvalue weighted by molar-refractivity contribution is 0.175. The highest BCUT2D eigenvalue weighted by atomic mass is 31.1. The molecule has 1 heterocycles. The van der Waals surface area contributed by atoms with Crippen LogP contribution in [0.5, 0.6) is 0 Å². The molecule has 58 valence electrons. The molecule has 1 fully saturated rings. The van der Waals surface area contributed by atoms with Gasteiger partial charge in [-0.25, -0.2) is 0 Å². The predicted molar refractivity (Wildman–Crippen MR) is 40.5 cm³/mol. The van der Waals surface area contributed by atoms with Gasteiger partial charge in [-0.2, -0.15) is 0 Å². The Kier molecular flexibility index (Phi) is 3.26. The van der Waals surface area contributed by atoms with E-state index in [0.29, 0.717) is 0 Å². The van der Waals surface area contributed by atoms with E-state index in [9.17, 15) is 4.57 Å². The number of piperidine rings is 1. The Bertz CT molecular complexity index is 123. The van der Waals surface area contributed by atoms with Crippen LogP contribution in [0.2, 0.25) is 0 Å². The van der Waals surface area contributed by atoms with Crippen molar-refractivity contribution in [3.63, 3.8) is 0 Å². The van der Waals surface area contributed by atoms with Gasteiger partial charge in [0.1, 0.15) is 6.10 Å². The molecule has 1 unspecified atom stereocenters. The maximum atomic E-state index is 10.6. The second-order valence-corrected chi connectivity index (χ2v) is 3.58. The fourth-order valence-corrected chi connectivity index (χ4v) is 1.74. The van der Waals surface area contributed by atoms with Crippen LogP contribution in [0.1, 0.15) is 12.8 Å². The van der Waals surface area contributed by atoms with Gasteiger partial charge >= 0.3 is 8.03 Å². The molecular formula is C6H13NO2P+. The Morgan fingerprint density at radius 1 is 1.50 bits per heavy atom. The SMILES string of the molecule is C[P+](=O)OC1CCNCC1. The van der Waals surface area contributed by atoms with E-state index < -0.39 is 8.03 Å². The van der Waals surface area contributed by atoms with Crippen LogP contribution < -0.4 is 5.32 Å². The molecule has 1 rings (SSSR count). The van der Waals surface area contributed by atoms with Gasteiger partial charge in [-0.3, -0.25) is 0 Å². The number of nitrogens with one attached hydrogen (secondary N) is 1. The summed E-state index contributed by atoms with van der Waals surface area (Å²) in [6, 6.07) is 0. The molecule has 4 heteroatoms. The van der Waals surface area contributed by atoms with Crippen LogP contribution in [0.15, 0.2) is 0 Å². The highest BCUT2D eigenvalue weighted by Crippen LogP contribution is 2.22. The van der Waals surface area contributed by atoms with Crippen LogP contribution in [0, 0.1) is 0 Å². The Morgan fingerprint density at radius 3 is 2.60 bits per heavy atom. The summed E-state index contributed by atoms with van der Waals surface area (Å²) in [4.78, 5) is 0. The average molecular weight is 162 g/mol. The lowest BCUT2D eigenvalue weighted by Gasteiger charge is -2.16. The summed E-state index contributed by atoms with van der Waals surface area (Å²) in [5.74, 6) is 0. The zero-order valence-corrected chi connectivity index (χ0v) is 7.06. The number of rotatable bonds is 2. The molecule has 1 atom stereocenters. The molecular weight excluding hydrogens is 149 g/mol. The van der Waals surface area contributed by atoms with Crippen LogP contribution in [-0.2, 0) is 9.09 Å². The van der Waals surface area contributed by atoms with Gasteiger partial charge in [-0.1, -0.05) is 0 Å². The molecule has 0 aromatic carbocycles. The summed E-state index contributed by atoms with van der Waals surface area (Å²) in [7, 11) is -1.40. The number of hydrogen-bond donors (Lipinski definition) is 1. The molecule has 1 N–H and O–H groups in total. The minimum atomic E-state index is -1.40. The van der Waals surface area contributed by atoms with Gasteiger partial charge in [0.25, 0.3) is 0 Å². The van der Waals surface area contributed by atoms with Crippen LogP contribution >= 0.6 is 8.03 Å². The van der Waals surface area contributed by atoms with E-state index in [-0.39, 0.29) is 6.10 Å². The van der Waals surface area contributed by atoms with Crippen molar-refractivity contribution in [2.24, 2.45) is 0 Å². The molecule has 10 heavy (non-hydrogen) atoms. The summed E-state index contributed by atoms with van der Waals surface area (Å²) in [6.45, 7) is 3.60. The first kappa shape index (κ1) is 8.12. The lowest BCUT2D eigenvalue weighted by atomic mass is 10.1. The van der Waals surface area contributed by atoms with Crippen LogP contribution in [0.4, 0.5) is 0 Å². The molecule has 0 bridgehead atoms. The Labute approximate surface area is 62.0 Å². The van der Waals surface area contributed by atoms with Gasteiger partial charge in [0, 0.05) is 0 Å². The normalized spacial score (nSPS) is 22.7. The largest absolute Gasteiger partial charge is 0.505 e. The smallest absolute Gasteiger partial charge is 0.317 e. The van der Waals surface area contributed by atoms with Gasteiger partial charge in [-0.05, 0) is 30.5 Å². The maximum Gasteiger partial charge on any atom is 0.505 e. The zero-order valence-electron chi connectivity index (χ0n) is 6.17. The third-order valence-electron chi connectivity index (χ3n) is 1.58. The zero-order chi connectivity index (χ0) is 7.40.